The number of nitrogen functional groups attached to an aromatic ring is 1. The van der Waals surface area contributed by atoms with Crippen molar-refractivity contribution in [3.05, 3.63) is 11.4 Å². The summed E-state index contributed by atoms with van der Waals surface area (Å²) in [5, 5.41) is 9.91. The molecule has 1 saturated carbocycles. The molecule has 21 heavy (non-hydrogen) atoms. The second kappa shape index (κ2) is 6.47. The highest BCUT2D eigenvalue weighted by molar-refractivity contribution is 5.97. The molecule has 0 unspecified atom stereocenters. The van der Waals surface area contributed by atoms with Crippen molar-refractivity contribution in [1.82, 2.24) is 20.4 Å². The first-order valence-electron chi connectivity index (χ1n) is 8.10. The number of amides is 1. The van der Waals surface area contributed by atoms with Gasteiger partial charge in [-0.05, 0) is 51.7 Å². The summed E-state index contributed by atoms with van der Waals surface area (Å²) in [5.74, 6) is 0.326. The van der Waals surface area contributed by atoms with Gasteiger partial charge in [0.1, 0.15) is 0 Å². The zero-order valence-electron chi connectivity index (χ0n) is 12.5. The molecule has 4 N–H and O–H groups in total. The predicted octanol–water partition coefficient (Wildman–Crippen LogP) is 1.48. The predicted molar refractivity (Wildman–Crippen MR) is 82.2 cm³/mol. The van der Waals surface area contributed by atoms with E-state index in [0.717, 1.165) is 31.5 Å². The number of carbonyl (C=O) groups is 1. The number of nitrogens with one attached hydrogen (secondary N) is 2. The minimum Gasteiger partial charge on any atom is -0.395 e. The lowest BCUT2D eigenvalue weighted by molar-refractivity contribution is 0.0947. The SMILES string of the molecule is Nc1c(C(=O)NCCCN2CCCCC2)n[nH]c1C1CC1. The van der Waals surface area contributed by atoms with Crippen molar-refractivity contribution in [1.29, 1.82) is 0 Å². The van der Waals surface area contributed by atoms with Crippen molar-refractivity contribution >= 4 is 11.6 Å². The Morgan fingerprint density at radius 1 is 1.33 bits per heavy atom. The number of aromatic nitrogens is 2. The second-order valence-corrected chi connectivity index (χ2v) is 6.19. The van der Waals surface area contributed by atoms with Gasteiger partial charge in [0.15, 0.2) is 5.69 Å². The average Bonchev–Trinajstić information content (AvgIpc) is 3.27. The summed E-state index contributed by atoms with van der Waals surface area (Å²) >= 11 is 0. The average molecular weight is 291 g/mol. The summed E-state index contributed by atoms with van der Waals surface area (Å²) in [6.45, 7) is 4.14. The number of hydrogen-bond acceptors (Lipinski definition) is 4. The van der Waals surface area contributed by atoms with E-state index in [9.17, 15) is 4.79 Å². The van der Waals surface area contributed by atoms with Gasteiger partial charge in [0.2, 0.25) is 0 Å². The molecule has 1 aromatic heterocycles. The molecule has 2 fully saturated rings. The minimum absolute atomic E-state index is 0.158. The van der Waals surface area contributed by atoms with E-state index in [-0.39, 0.29) is 5.91 Å². The molecule has 0 bridgehead atoms. The first-order valence-corrected chi connectivity index (χ1v) is 8.10. The topological polar surface area (TPSA) is 87.0 Å². The van der Waals surface area contributed by atoms with E-state index in [0.29, 0.717) is 23.8 Å². The number of carbonyl (C=O) groups excluding carboxylic acids is 1. The highest BCUT2D eigenvalue weighted by Crippen LogP contribution is 2.42. The third-order valence-electron chi connectivity index (χ3n) is 4.42. The minimum atomic E-state index is -0.158. The van der Waals surface area contributed by atoms with Gasteiger partial charge < -0.3 is 16.0 Å². The maximum Gasteiger partial charge on any atom is 0.273 e. The van der Waals surface area contributed by atoms with Gasteiger partial charge in [0, 0.05) is 12.5 Å². The van der Waals surface area contributed by atoms with Gasteiger partial charge in [-0.25, -0.2) is 0 Å². The van der Waals surface area contributed by atoms with Crippen molar-refractivity contribution in [2.45, 2.75) is 44.4 Å². The molecular weight excluding hydrogens is 266 g/mol. The normalized spacial score (nSPS) is 19.6. The van der Waals surface area contributed by atoms with Crippen LogP contribution in [0.15, 0.2) is 0 Å². The van der Waals surface area contributed by atoms with Crippen LogP contribution in [0, 0.1) is 0 Å². The fourth-order valence-corrected chi connectivity index (χ4v) is 2.99. The van der Waals surface area contributed by atoms with E-state index >= 15 is 0 Å². The van der Waals surface area contributed by atoms with Gasteiger partial charge >= 0.3 is 0 Å². The van der Waals surface area contributed by atoms with Gasteiger partial charge in [-0.15, -0.1) is 0 Å². The van der Waals surface area contributed by atoms with Gasteiger partial charge in [-0.2, -0.15) is 5.10 Å². The Morgan fingerprint density at radius 3 is 2.81 bits per heavy atom. The fraction of sp³-hybridized carbons (Fsp3) is 0.733. The highest BCUT2D eigenvalue weighted by atomic mass is 16.1. The lowest BCUT2D eigenvalue weighted by Crippen LogP contribution is -2.33. The molecule has 0 atom stereocenters. The number of rotatable bonds is 6. The molecule has 6 heteroatoms. The fourth-order valence-electron chi connectivity index (χ4n) is 2.99. The first-order chi connectivity index (χ1) is 10.3. The van der Waals surface area contributed by atoms with Crippen molar-refractivity contribution in [2.24, 2.45) is 0 Å². The molecule has 0 aromatic carbocycles. The van der Waals surface area contributed by atoms with Crippen molar-refractivity contribution < 1.29 is 4.79 Å². The molecule has 2 heterocycles. The monoisotopic (exact) mass is 291 g/mol. The van der Waals surface area contributed by atoms with Gasteiger partial charge in [0.05, 0.1) is 11.4 Å². The number of nitrogens with zero attached hydrogens (tertiary/aromatic N) is 2. The van der Waals surface area contributed by atoms with Crippen LogP contribution in [-0.2, 0) is 0 Å². The Labute approximate surface area is 125 Å². The lowest BCUT2D eigenvalue weighted by Gasteiger charge is -2.26. The molecule has 0 spiro atoms. The lowest BCUT2D eigenvalue weighted by atomic mass is 10.1. The molecular formula is C15H25N5O. The summed E-state index contributed by atoms with van der Waals surface area (Å²) in [5.41, 5.74) is 7.83. The summed E-state index contributed by atoms with van der Waals surface area (Å²) < 4.78 is 0. The molecule has 1 aliphatic heterocycles. The highest BCUT2D eigenvalue weighted by Gasteiger charge is 2.30. The van der Waals surface area contributed by atoms with Crippen LogP contribution in [0.5, 0.6) is 0 Å². The van der Waals surface area contributed by atoms with E-state index in [1.54, 1.807) is 0 Å². The smallest absolute Gasteiger partial charge is 0.273 e. The van der Waals surface area contributed by atoms with Crippen LogP contribution in [0.2, 0.25) is 0 Å². The Morgan fingerprint density at radius 2 is 2.10 bits per heavy atom. The van der Waals surface area contributed by atoms with Crippen LogP contribution >= 0.6 is 0 Å². The van der Waals surface area contributed by atoms with E-state index in [2.05, 4.69) is 20.4 Å². The number of hydrogen-bond donors (Lipinski definition) is 3. The van der Waals surface area contributed by atoms with Crippen LogP contribution in [0.1, 0.15) is 60.6 Å². The summed E-state index contributed by atoms with van der Waals surface area (Å²) in [4.78, 5) is 14.6. The Balaban J connectivity index is 1.41. The van der Waals surface area contributed by atoms with Crippen LogP contribution in [0.25, 0.3) is 0 Å². The first kappa shape index (κ1) is 14.4. The third-order valence-corrected chi connectivity index (χ3v) is 4.42. The summed E-state index contributed by atoms with van der Waals surface area (Å²) in [6, 6.07) is 0. The second-order valence-electron chi connectivity index (χ2n) is 6.19. The maximum absolute atomic E-state index is 12.1. The van der Waals surface area contributed by atoms with E-state index in [4.69, 9.17) is 5.73 Å². The van der Waals surface area contributed by atoms with Crippen molar-refractivity contribution in [3.8, 4) is 0 Å². The molecule has 1 aliphatic carbocycles. The summed E-state index contributed by atoms with van der Waals surface area (Å²) in [6.07, 6.45) is 7.23. The quantitative estimate of drug-likeness (QED) is 0.693. The number of anilines is 1. The molecule has 116 valence electrons. The number of nitrogens with two attached hydrogens (primary N) is 1. The van der Waals surface area contributed by atoms with Gasteiger partial charge in [-0.1, -0.05) is 6.42 Å². The largest absolute Gasteiger partial charge is 0.395 e. The van der Waals surface area contributed by atoms with Crippen LogP contribution in [0.4, 0.5) is 5.69 Å². The number of aromatic amines is 1. The molecule has 1 aromatic rings. The molecule has 3 rings (SSSR count). The standard InChI is InChI=1S/C15H25N5O/c16-12-13(11-5-6-11)18-19-14(12)15(21)17-7-4-10-20-8-2-1-3-9-20/h11H,1-10,16H2,(H,17,21)(H,18,19). The van der Waals surface area contributed by atoms with E-state index in [1.165, 1.54) is 32.4 Å². The zero-order valence-corrected chi connectivity index (χ0v) is 12.5. The van der Waals surface area contributed by atoms with E-state index < -0.39 is 0 Å². The molecule has 1 amide bonds. The van der Waals surface area contributed by atoms with Gasteiger partial charge in [0.25, 0.3) is 5.91 Å². The summed E-state index contributed by atoms with van der Waals surface area (Å²) in [7, 11) is 0. The molecule has 0 radical (unpaired) electrons. The third kappa shape index (κ3) is 3.56. The van der Waals surface area contributed by atoms with Crippen LogP contribution in [-0.4, -0.2) is 47.2 Å². The number of likely N-dealkylation sites (tertiary alicyclic amines) is 1. The Bertz CT molecular complexity index is 488. The molecule has 2 aliphatic rings. The van der Waals surface area contributed by atoms with Crippen molar-refractivity contribution in [2.75, 3.05) is 31.9 Å². The number of piperidine rings is 1. The Kier molecular flexibility index (Phi) is 4.43. The maximum atomic E-state index is 12.1. The molecule has 1 saturated heterocycles. The van der Waals surface area contributed by atoms with Crippen LogP contribution < -0.4 is 11.1 Å². The number of H-pyrrole nitrogens is 1. The molecule has 6 nitrogen and oxygen atoms in total. The Hall–Kier alpha value is -1.56. The van der Waals surface area contributed by atoms with Crippen LogP contribution in [0.3, 0.4) is 0 Å². The van der Waals surface area contributed by atoms with Gasteiger partial charge in [-0.3, -0.25) is 9.89 Å². The van der Waals surface area contributed by atoms with E-state index in [1.807, 2.05) is 0 Å². The zero-order chi connectivity index (χ0) is 14.7. The van der Waals surface area contributed by atoms with Crippen molar-refractivity contribution in [3.63, 3.8) is 0 Å².